The first kappa shape index (κ1) is 18.1. The lowest BCUT2D eigenvalue weighted by Crippen LogP contribution is -2.02. The fraction of sp³-hybridized carbons (Fsp3) is 0.167. The number of hydrogen-bond donors (Lipinski definition) is 0. The van der Waals surface area contributed by atoms with Crippen molar-refractivity contribution in [3.05, 3.63) is 63.6 Å². The molecular weight excluding hydrogens is 382 g/mol. The molecule has 2 rings (SSSR count). The van der Waals surface area contributed by atoms with Crippen LogP contribution < -0.4 is 9.47 Å². The molecule has 0 saturated carbocycles. The summed E-state index contributed by atoms with van der Waals surface area (Å²) < 4.78 is 38.6. The van der Waals surface area contributed by atoms with Crippen LogP contribution in [0.5, 0.6) is 11.5 Å². The number of ether oxygens (including phenoxy) is 2. The smallest absolute Gasteiger partial charge is 0.191 e. The van der Waals surface area contributed by atoms with Gasteiger partial charge >= 0.3 is 0 Å². The zero-order valence-corrected chi connectivity index (χ0v) is 14.7. The fourth-order valence-corrected chi connectivity index (χ4v) is 2.68. The third-order valence-corrected chi connectivity index (χ3v) is 3.77. The Bertz CT molecular complexity index is 768. The first-order chi connectivity index (χ1) is 11.5. The molecule has 0 fully saturated rings. The van der Waals surface area contributed by atoms with Crippen molar-refractivity contribution in [2.24, 2.45) is 0 Å². The van der Waals surface area contributed by atoms with Gasteiger partial charge < -0.3 is 9.47 Å². The van der Waals surface area contributed by atoms with Crippen molar-refractivity contribution in [1.82, 2.24) is 0 Å². The number of carbonyl (C=O) groups excluding carboxylic acids is 1. The lowest BCUT2D eigenvalue weighted by molar-refractivity contribution is 0.104. The highest BCUT2D eigenvalue weighted by molar-refractivity contribution is 9.10. The van der Waals surface area contributed by atoms with Gasteiger partial charge in [0.25, 0.3) is 0 Å². The number of hydrogen-bond acceptors (Lipinski definition) is 3. The van der Waals surface area contributed by atoms with Gasteiger partial charge in [0, 0.05) is 0 Å². The second-order valence-corrected chi connectivity index (χ2v) is 5.62. The molecule has 126 valence electrons. The van der Waals surface area contributed by atoms with Crippen molar-refractivity contribution in [2.75, 3.05) is 13.7 Å². The summed E-state index contributed by atoms with van der Waals surface area (Å²) in [5, 5.41) is 0. The second-order valence-electron chi connectivity index (χ2n) is 4.76. The van der Waals surface area contributed by atoms with Crippen molar-refractivity contribution in [3.8, 4) is 11.5 Å². The summed E-state index contributed by atoms with van der Waals surface area (Å²) in [6.07, 6.45) is 2.57. The molecule has 0 amide bonds. The molecule has 24 heavy (non-hydrogen) atoms. The average Bonchev–Trinajstić information content (AvgIpc) is 2.54. The van der Waals surface area contributed by atoms with E-state index in [0.717, 1.165) is 18.2 Å². The number of ketones is 1. The van der Waals surface area contributed by atoms with Crippen molar-refractivity contribution < 1.29 is 23.0 Å². The standard InChI is InChI=1S/C18H15BrF2O3/c1-3-24-18-12(19)9-11(10-16(18)23-2)7-8-15(22)17-13(20)5-4-6-14(17)21/h4-10H,3H2,1-2H3/b8-7+. The number of allylic oxidation sites excluding steroid dienone is 1. The van der Waals surface area contributed by atoms with Crippen LogP contribution in [0.25, 0.3) is 6.08 Å². The molecule has 2 aromatic rings. The minimum Gasteiger partial charge on any atom is -0.493 e. The van der Waals surface area contributed by atoms with Gasteiger partial charge in [-0.15, -0.1) is 0 Å². The summed E-state index contributed by atoms with van der Waals surface area (Å²) in [6.45, 7) is 2.32. The average molecular weight is 397 g/mol. The maximum atomic E-state index is 13.6. The molecule has 0 unspecified atom stereocenters. The maximum absolute atomic E-state index is 13.6. The third-order valence-electron chi connectivity index (χ3n) is 3.18. The molecule has 0 aromatic heterocycles. The normalized spacial score (nSPS) is 10.9. The quantitative estimate of drug-likeness (QED) is 0.507. The molecule has 0 N–H and O–H groups in total. The second kappa shape index (κ2) is 8.06. The Morgan fingerprint density at radius 1 is 1.25 bits per heavy atom. The third kappa shape index (κ3) is 4.00. The van der Waals surface area contributed by atoms with Crippen LogP contribution in [0.3, 0.4) is 0 Å². The number of benzene rings is 2. The minimum absolute atomic E-state index is 0.467. The molecule has 0 bridgehead atoms. The Morgan fingerprint density at radius 3 is 2.50 bits per heavy atom. The van der Waals surface area contributed by atoms with Crippen LogP contribution in [0.4, 0.5) is 8.78 Å². The van der Waals surface area contributed by atoms with Gasteiger partial charge in [-0.2, -0.15) is 0 Å². The minimum atomic E-state index is -0.893. The Balaban J connectivity index is 2.32. The molecule has 0 radical (unpaired) electrons. The molecule has 2 aromatic carbocycles. The van der Waals surface area contributed by atoms with E-state index in [-0.39, 0.29) is 0 Å². The molecule has 0 aliphatic rings. The first-order valence-electron chi connectivity index (χ1n) is 7.14. The number of carbonyl (C=O) groups is 1. The Hall–Kier alpha value is -2.21. The van der Waals surface area contributed by atoms with Gasteiger partial charge in [0.1, 0.15) is 11.6 Å². The SMILES string of the molecule is CCOc1c(Br)cc(/C=C/C(=O)c2c(F)cccc2F)cc1OC. The summed E-state index contributed by atoms with van der Waals surface area (Å²) >= 11 is 3.37. The summed E-state index contributed by atoms with van der Waals surface area (Å²) in [7, 11) is 1.50. The zero-order valence-electron chi connectivity index (χ0n) is 13.1. The molecule has 0 atom stereocenters. The van der Waals surface area contributed by atoms with Crippen molar-refractivity contribution in [1.29, 1.82) is 0 Å². The maximum Gasteiger partial charge on any atom is 0.191 e. The van der Waals surface area contributed by atoms with E-state index < -0.39 is 23.0 Å². The van der Waals surface area contributed by atoms with E-state index in [0.29, 0.717) is 28.1 Å². The fourth-order valence-electron chi connectivity index (χ4n) is 2.11. The monoisotopic (exact) mass is 396 g/mol. The van der Waals surface area contributed by atoms with Crippen LogP contribution in [-0.2, 0) is 0 Å². The molecule has 0 heterocycles. The van der Waals surface area contributed by atoms with Crippen LogP contribution in [-0.4, -0.2) is 19.5 Å². The first-order valence-corrected chi connectivity index (χ1v) is 7.94. The zero-order chi connectivity index (χ0) is 17.7. The molecule has 0 saturated heterocycles. The number of rotatable bonds is 6. The lowest BCUT2D eigenvalue weighted by atomic mass is 10.1. The summed E-state index contributed by atoms with van der Waals surface area (Å²) in [6, 6.07) is 6.67. The van der Waals surface area contributed by atoms with Gasteiger partial charge in [0.2, 0.25) is 0 Å². The number of halogens is 3. The summed E-state index contributed by atoms with van der Waals surface area (Å²) in [5.41, 5.74) is 0.0398. The van der Waals surface area contributed by atoms with Gasteiger partial charge in [0.15, 0.2) is 17.3 Å². The van der Waals surface area contributed by atoms with Gasteiger partial charge in [-0.1, -0.05) is 12.1 Å². The Labute approximate surface area is 147 Å². The highest BCUT2D eigenvalue weighted by Crippen LogP contribution is 2.37. The van der Waals surface area contributed by atoms with Crippen LogP contribution in [0.15, 0.2) is 40.9 Å². The van der Waals surface area contributed by atoms with Crippen molar-refractivity contribution in [3.63, 3.8) is 0 Å². The highest BCUT2D eigenvalue weighted by atomic mass is 79.9. The molecule has 3 nitrogen and oxygen atoms in total. The summed E-state index contributed by atoms with van der Waals surface area (Å²) in [5.74, 6) is -1.51. The van der Waals surface area contributed by atoms with Gasteiger partial charge in [0.05, 0.1) is 23.8 Å². The van der Waals surface area contributed by atoms with Crippen LogP contribution >= 0.6 is 15.9 Å². The largest absolute Gasteiger partial charge is 0.493 e. The van der Waals surface area contributed by atoms with Crippen LogP contribution in [0.1, 0.15) is 22.8 Å². The predicted molar refractivity (Wildman–Crippen MR) is 91.6 cm³/mol. The summed E-state index contributed by atoms with van der Waals surface area (Å²) in [4.78, 5) is 12.0. The topological polar surface area (TPSA) is 35.5 Å². The van der Waals surface area contributed by atoms with Gasteiger partial charge in [-0.25, -0.2) is 8.78 Å². The predicted octanol–water partition coefficient (Wildman–Crippen LogP) is 5.03. The Kier molecular flexibility index (Phi) is 6.09. The van der Waals surface area contributed by atoms with Crippen LogP contribution in [0, 0.1) is 11.6 Å². The Morgan fingerprint density at radius 2 is 1.92 bits per heavy atom. The van der Waals surface area contributed by atoms with E-state index in [4.69, 9.17) is 9.47 Å². The van der Waals surface area contributed by atoms with E-state index in [2.05, 4.69) is 15.9 Å². The van der Waals surface area contributed by atoms with E-state index in [1.807, 2.05) is 6.92 Å². The lowest BCUT2D eigenvalue weighted by Gasteiger charge is -2.12. The van der Waals surface area contributed by atoms with Gasteiger partial charge in [-0.3, -0.25) is 4.79 Å². The van der Waals surface area contributed by atoms with E-state index in [9.17, 15) is 13.6 Å². The van der Waals surface area contributed by atoms with Crippen molar-refractivity contribution in [2.45, 2.75) is 6.92 Å². The molecule has 0 aliphatic heterocycles. The molecular formula is C18H15BrF2O3. The highest BCUT2D eigenvalue weighted by Gasteiger charge is 2.15. The molecule has 0 aliphatic carbocycles. The van der Waals surface area contributed by atoms with Crippen molar-refractivity contribution >= 4 is 27.8 Å². The van der Waals surface area contributed by atoms with Gasteiger partial charge in [-0.05, 0) is 58.8 Å². The van der Waals surface area contributed by atoms with E-state index in [1.165, 1.54) is 19.3 Å². The van der Waals surface area contributed by atoms with E-state index >= 15 is 0 Å². The van der Waals surface area contributed by atoms with Crippen LogP contribution in [0.2, 0.25) is 0 Å². The van der Waals surface area contributed by atoms with E-state index in [1.54, 1.807) is 12.1 Å². The molecule has 6 heteroatoms. The number of methoxy groups -OCH3 is 1. The molecule has 0 spiro atoms.